The predicted molar refractivity (Wildman–Crippen MR) is 84.7 cm³/mol. The molecule has 0 spiro atoms. The first-order chi connectivity index (χ1) is 9.93. The first-order valence-corrected chi connectivity index (χ1v) is 7.51. The summed E-state index contributed by atoms with van der Waals surface area (Å²) in [5.74, 6) is 0.982. The van der Waals surface area contributed by atoms with Crippen molar-refractivity contribution in [2.75, 3.05) is 31.3 Å². The van der Waals surface area contributed by atoms with E-state index in [1.807, 2.05) is 31.9 Å². The molecule has 0 bridgehead atoms. The molecule has 0 atom stereocenters. The number of nitrogen functional groups attached to an aromatic ring is 1. The van der Waals surface area contributed by atoms with Crippen LogP contribution in [-0.2, 0) is 6.54 Å². The summed E-state index contributed by atoms with van der Waals surface area (Å²) in [7, 11) is 3.67. The second-order valence-corrected chi connectivity index (χ2v) is 5.87. The monoisotopic (exact) mass is 308 g/mol. The van der Waals surface area contributed by atoms with E-state index in [0.717, 1.165) is 23.0 Å². The zero-order chi connectivity index (χ0) is 15.6. The van der Waals surface area contributed by atoms with Crippen molar-refractivity contribution in [2.45, 2.75) is 20.4 Å². The van der Waals surface area contributed by atoms with Crippen molar-refractivity contribution < 1.29 is 9.21 Å². The van der Waals surface area contributed by atoms with Gasteiger partial charge in [0.25, 0.3) is 5.91 Å². The highest BCUT2D eigenvalue weighted by Crippen LogP contribution is 2.28. The fraction of sp³-hybridized carbons (Fsp3) is 0.429. The van der Waals surface area contributed by atoms with Crippen molar-refractivity contribution in [2.24, 2.45) is 0 Å². The fourth-order valence-corrected chi connectivity index (χ4v) is 2.85. The van der Waals surface area contributed by atoms with Crippen LogP contribution in [0.4, 0.5) is 10.9 Å². The van der Waals surface area contributed by atoms with Crippen LogP contribution in [0, 0.1) is 6.92 Å². The van der Waals surface area contributed by atoms with Crippen molar-refractivity contribution in [3.8, 4) is 0 Å². The van der Waals surface area contributed by atoms with Crippen LogP contribution in [0.3, 0.4) is 0 Å². The summed E-state index contributed by atoms with van der Waals surface area (Å²) in [4.78, 5) is 20.8. The van der Waals surface area contributed by atoms with Gasteiger partial charge >= 0.3 is 0 Å². The Morgan fingerprint density at radius 2 is 2.19 bits per heavy atom. The van der Waals surface area contributed by atoms with E-state index in [2.05, 4.69) is 4.98 Å². The number of aryl methyl sites for hydroxylation is 1. The molecule has 2 N–H and O–H groups in total. The van der Waals surface area contributed by atoms with E-state index in [9.17, 15) is 4.79 Å². The van der Waals surface area contributed by atoms with Crippen LogP contribution in [0.5, 0.6) is 0 Å². The smallest absolute Gasteiger partial charge is 0.267 e. The summed E-state index contributed by atoms with van der Waals surface area (Å²) in [5.41, 5.74) is 6.87. The van der Waals surface area contributed by atoms with E-state index >= 15 is 0 Å². The lowest BCUT2D eigenvalue weighted by Gasteiger charge is -2.16. The zero-order valence-corrected chi connectivity index (χ0v) is 13.5. The summed E-state index contributed by atoms with van der Waals surface area (Å²) in [6, 6.07) is 1.87. The Morgan fingerprint density at radius 3 is 2.76 bits per heavy atom. The van der Waals surface area contributed by atoms with Crippen molar-refractivity contribution >= 4 is 28.2 Å². The Kier molecular flexibility index (Phi) is 4.52. The summed E-state index contributed by atoms with van der Waals surface area (Å²) in [5, 5.41) is 0.756. The molecule has 114 valence electrons. The first-order valence-electron chi connectivity index (χ1n) is 6.69. The molecule has 0 aliphatic rings. The molecule has 0 radical (unpaired) electrons. The summed E-state index contributed by atoms with van der Waals surface area (Å²) in [6.45, 7) is 5.19. The van der Waals surface area contributed by atoms with Gasteiger partial charge in [-0.1, -0.05) is 11.3 Å². The SMILES string of the molecule is CCN(C)c1nc(N)c(C(=O)N(C)Cc2ccoc2C)s1. The van der Waals surface area contributed by atoms with Crippen LogP contribution in [0.1, 0.15) is 27.9 Å². The highest BCUT2D eigenvalue weighted by Gasteiger charge is 2.21. The molecule has 2 heterocycles. The number of nitrogens with two attached hydrogens (primary N) is 1. The number of thiazole rings is 1. The van der Waals surface area contributed by atoms with Gasteiger partial charge in [-0.05, 0) is 19.9 Å². The molecule has 0 aliphatic carbocycles. The average molecular weight is 308 g/mol. The molecule has 2 aromatic heterocycles. The Labute approximate surface area is 128 Å². The maximum absolute atomic E-state index is 12.5. The third kappa shape index (κ3) is 3.18. The molecule has 0 saturated heterocycles. The van der Waals surface area contributed by atoms with Crippen molar-refractivity contribution in [3.05, 3.63) is 28.5 Å². The summed E-state index contributed by atoms with van der Waals surface area (Å²) in [6.07, 6.45) is 1.62. The highest BCUT2D eigenvalue weighted by atomic mass is 32.1. The van der Waals surface area contributed by atoms with Crippen molar-refractivity contribution in [1.29, 1.82) is 0 Å². The van der Waals surface area contributed by atoms with E-state index in [1.54, 1.807) is 18.2 Å². The van der Waals surface area contributed by atoms with E-state index in [0.29, 0.717) is 11.4 Å². The molecule has 21 heavy (non-hydrogen) atoms. The van der Waals surface area contributed by atoms with Gasteiger partial charge in [0.15, 0.2) is 5.13 Å². The van der Waals surface area contributed by atoms with Crippen molar-refractivity contribution in [1.82, 2.24) is 9.88 Å². The number of carbonyl (C=O) groups excluding carboxylic acids is 1. The average Bonchev–Trinajstić information content (AvgIpc) is 3.04. The first kappa shape index (κ1) is 15.4. The predicted octanol–water partition coefficient (Wildman–Crippen LogP) is 2.36. The van der Waals surface area contributed by atoms with E-state index in [1.165, 1.54) is 11.3 Å². The third-order valence-corrected chi connectivity index (χ3v) is 4.53. The highest BCUT2D eigenvalue weighted by molar-refractivity contribution is 7.18. The zero-order valence-electron chi connectivity index (χ0n) is 12.7. The number of aromatic nitrogens is 1. The fourth-order valence-electron chi connectivity index (χ4n) is 1.85. The maximum atomic E-state index is 12.5. The Balaban J connectivity index is 2.16. The van der Waals surface area contributed by atoms with Crippen LogP contribution in [-0.4, -0.2) is 36.4 Å². The molecule has 0 unspecified atom stereocenters. The number of anilines is 2. The molecular weight excluding hydrogens is 288 g/mol. The van der Waals surface area contributed by atoms with Gasteiger partial charge in [0.1, 0.15) is 16.5 Å². The van der Waals surface area contributed by atoms with Gasteiger partial charge in [-0.15, -0.1) is 0 Å². The molecule has 2 aromatic rings. The summed E-state index contributed by atoms with van der Waals surface area (Å²) >= 11 is 1.32. The van der Waals surface area contributed by atoms with Gasteiger partial charge in [0.2, 0.25) is 0 Å². The second-order valence-electron chi connectivity index (χ2n) is 4.89. The lowest BCUT2D eigenvalue weighted by molar-refractivity contribution is 0.0790. The minimum Gasteiger partial charge on any atom is -0.469 e. The van der Waals surface area contributed by atoms with Gasteiger partial charge in [-0.3, -0.25) is 4.79 Å². The standard InChI is InChI=1S/C14H20N4O2S/c1-5-17(3)14-16-12(15)11(21-14)13(19)18(4)8-10-6-7-20-9(10)2/h6-7H,5,8,15H2,1-4H3. The molecule has 0 aromatic carbocycles. The molecule has 1 amide bonds. The Morgan fingerprint density at radius 1 is 1.48 bits per heavy atom. The number of hydrogen-bond acceptors (Lipinski definition) is 6. The van der Waals surface area contributed by atoms with Crippen LogP contribution in [0.25, 0.3) is 0 Å². The van der Waals surface area contributed by atoms with Crippen LogP contribution in [0.2, 0.25) is 0 Å². The minimum atomic E-state index is -0.124. The second kappa shape index (κ2) is 6.17. The number of rotatable bonds is 5. The van der Waals surface area contributed by atoms with E-state index < -0.39 is 0 Å². The van der Waals surface area contributed by atoms with E-state index in [-0.39, 0.29) is 11.7 Å². The van der Waals surface area contributed by atoms with Gasteiger partial charge in [-0.2, -0.15) is 0 Å². The number of amides is 1. The van der Waals surface area contributed by atoms with Gasteiger partial charge in [-0.25, -0.2) is 4.98 Å². The third-order valence-electron chi connectivity index (χ3n) is 3.36. The van der Waals surface area contributed by atoms with Gasteiger partial charge < -0.3 is 20.0 Å². The Hall–Kier alpha value is -2.02. The normalized spacial score (nSPS) is 10.7. The lowest BCUT2D eigenvalue weighted by atomic mass is 10.2. The summed E-state index contributed by atoms with van der Waals surface area (Å²) < 4.78 is 5.25. The topological polar surface area (TPSA) is 75.6 Å². The minimum absolute atomic E-state index is 0.124. The number of hydrogen-bond donors (Lipinski definition) is 1. The van der Waals surface area contributed by atoms with Gasteiger partial charge in [0.05, 0.1) is 6.26 Å². The molecule has 6 nitrogen and oxygen atoms in total. The Bertz CT molecular complexity index is 635. The van der Waals surface area contributed by atoms with Crippen LogP contribution < -0.4 is 10.6 Å². The largest absolute Gasteiger partial charge is 0.469 e. The quantitative estimate of drug-likeness (QED) is 0.917. The molecule has 0 fully saturated rings. The molecule has 7 heteroatoms. The number of nitrogens with zero attached hydrogens (tertiary/aromatic N) is 3. The molecular formula is C14H20N4O2S. The number of furan rings is 1. The molecule has 0 saturated carbocycles. The van der Waals surface area contributed by atoms with Crippen LogP contribution >= 0.6 is 11.3 Å². The van der Waals surface area contributed by atoms with Crippen LogP contribution in [0.15, 0.2) is 16.7 Å². The molecule has 2 rings (SSSR count). The lowest BCUT2D eigenvalue weighted by Crippen LogP contribution is -2.26. The van der Waals surface area contributed by atoms with E-state index in [4.69, 9.17) is 10.2 Å². The van der Waals surface area contributed by atoms with Crippen molar-refractivity contribution in [3.63, 3.8) is 0 Å². The number of carbonyl (C=O) groups is 1. The maximum Gasteiger partial charge on any atom is 0.267 e. The van der Waals surface area contributed by atoms with Gasteiger partial charge in [0, 0.05) is 32.7 Å². The molecule has 0 aliphatic heterocycles.